The molecule has 0 bridgehead atoms. The van der Waals surface area contributed by atoms with Gasteiger partial charge in [-0.25, -0.2) is 15.0 Å². The topological polar surface area (TPSA) is 83.0 Å². The molecule has 126 valence electrons. The van der Waals surface area contributed by atoms with Crippen LogP contribution in [0.25, 0.3) is 0 Å². The summed E-state index contributed by atoms with van der Waals surface area (Å²) >= 11 is 0. The maximum Gasteiger partial charge on any atom is 0.252 e. The van der Waals surface area contributed by atoms with Crippen LogP contribution >= 0.6 is 0 Å². The van der Waals surface area contributed by atoms with Crippen LogP contribution in [0.1, 0.15) is 30.1 Å². The van der Waals surface area contributed by atoms with Crippen LogP contribution in [0, 0.1) is 0 Å². The first-order chi connectivity index (χ1) is 11.8. The lowest BCUT2D eigenvalue weighted by Gasteiger charge is -2.33. The van der Waals surface area contributed by atoms with Crippen LogP contribution in [-0.2, 0) is 0 Å². The second-order valence-corrected chi connectivity index (χ2v) is 5.77. The zero-order chi connectivity index (χ0) is 16.8. The summed E-state index contributed by atoms with van der Waals surface area (Å²) in [7, 11) is 0. The maximum atomic E-state index is 11.8. The quantitative estimate of drug-likeness (QED) is 0.870. The largest absolute Gasteiger partial charge is 0.366 e. The number of nitrogens with zero attached hydrogens (tertiary/aromatic N) is 4. The Kier molecular flexibility index (Phi) is 5.20. The van der Waals surface area contributed by atoms with Crippen molar-refractivity contribution < 1.29 is 4.79 Å². The molecule has 7 nitrogen and oxygen atoms in total. The van der Waals surface area contributed by atoms with Crippen LogP contribution in [-0.4, -0.2) is 46.5 Å². The average molecular weight is 326 g/mol. The van der Waals surface area contributed by atoms with Gasteiger partial charge in [0.2, 0.25) is 5.95 Å². The molecule has 0 aliphatic carbocycles. The molecular formula is C17H22N6O. The fraction of sp³-hybridized carbons (Fsp3) is 0.412. The van der Waals surface area contributed by atoms with Crippen molar-refractivity contribution in [3.8, 4) is 0 Å². The highest BCUT2D eigenvalue weighted by atomic mass is 16.1. The molecule has 1 atom stereocenters. The molecule has 0 aromatic carbocycles. The summed E-state index contributed by atoms with van der Waals surface area (Å²) in [5, 5.41) is 6.21. The molecule has 0 unspecified atom stereocenters. The number of anilines is 2. The summed E-state index contributed by atoms with van der Waals surface area (Å²) in [5.41, 5.74) is 0.574. The lowest BCUT2D eigenvalue weighted by Crippen LogP contribution is -2.43. The van der Waals surface area contributed by atoms with Gasteiger partial charge in [0, 0.05) is 44.3 Å². The second kappa shape index (κ2) is 7.72. The summed E-state index contributed by atoms with van der Waals surface area (Å²) in [5.74, 6) is 1.45. The summed E-state index contributed by atoms with van der Waals surface area (Å²) in [4.78, 5) is 26.9. The van der Waals surface area contributed by atoms with Gasteiger partial charge in [0.1, 0.15) is 5.82 Å². The predicted octanol–water partition coefficient (Wildman–Crippen LogP) is 1.70. The summed E-state index contributed by atoms with van der Waals surface area (Å²) < 4.78 is 0. The van der Waals surface area contributed by atoms with Crippen molar-refractivity contribution >= 4 is 17.7 Å². The lowest BCUT2D eigenvalue weighted by atomic mass is 10.1. The minimum Gasteiger partial charge on any atom is -0.366 e. The Balaban J connectivity index is 1.60. The summed E-state index contributed by atoms with van der Waals surface area (Å²) in [6, 6.07) is 5.75. The SMILES string of the molecule is CCNC(=O)c1ccc(N[C@@H]2CCCN(c3ncccn3)C2)nc1. The normalized spacial score (nSPS) is 17.4. The van der Waals surface area contributed by atoms with Crippen LogP contribution in [0.5, 0.6) is 0 Å². The first kappa shape index (κ1) is 16.2. The van der Waals surface area contributed by atoms with Crippen LogP contribution < -0.4 is 15.5 Å². The number of pyridine rings is 1. The lowest BCUT2D eigenvalue weighted by molar-refractivity contribution is 0.0955. The van der Waals surface area contributed by atoms with E-state index in [9.17, 15) is 4.79 Å². The van der Waals surface area contributed by atoms with E-state index in [1.165, 1.54) is 0 Å². The minimum absolute atomic E-state index is 0.0957. The number of piperidine rings is 1. The van der Waals surface area contributed by atoms with E-state index in [0.29, 0.717) is 12.1 Å². The van der Waals surface area contributed by atoms with E-state index < -0.39 is 0 Å². The Morgan fingerprint density at radius 3 is 2.83 bits per heavy atom. The van der Waals surface area contributed by atoms with Crippen molar-refractivity contribution in [1.82, 2.24) is 20.3 Å². The number of hydrogen-bond acceptors (Lipinski definition) is 6. The van der Waals surface area contributed by atoms with Gasteiger partial charge < -0.3 is 15.5 Å². The third kappa shape index (κ3) is 3.98. The molecular weight excluding hydrogens is 304 g/mol. The molecule has 2 aromatic heterocycles. The van der Waals surface area contributed by atoms with Crippen molar-refractivity contribution in [2.24, 2.45) is 0 Å². The Morgan fingerprint density at radius 2 is 2.12 bits per heavy atom. The molecule has 0 saturated carbocycles. The standard InChI is InChI=1S/C17H22N6O/c1-2-18-16(24)13-6-7-15(21-11-13)22-14-5-3-10-23(12-14)17-19-8-4-9-20-17/h4,6-9,11,14H,2-3,5,10,12H2,1H3,(H,18,24)(H,21,22)/t14-/m1/s1. The molecule has 1 fully saturated rings. The highest BCUT2D eigenvalue weighted by molar-refractivity contribution is 5.93. The van der Waals surface area contributed by atoms with Crippen LogP contribution in [0.2, 0.25) is 0 Å². The van der Waals surface area contributed by atoms with Crippen molar-refractivity contribution in [2.45, 2.75) is 25.8 Å². The van der Waals surface area contributed by atoms with Gasteiger partial charge in [0.25, 0.3) is 5.91 Å². The van der Waals surface area contributed by atoms with Gasteiger partial charge in [-0.2, -0.15) is 0 Å². The number of carbonyl (C=O) groups is 1. The monoisotopic (exact) mass is 326 g/mol. The van der Waals surface area contributed by atoms with E-state index in [4.69, 9.17) is 0 Å². The zero-order valence-corrected chi connectivity index (χ0v) is 13.8. The van der Waals surface area contributed by atoms with E-state index >= 15 is 0 Å². The molecule has 0 spiro atoms. The molecule has 7 heteroatoms. The third-order valence-electron chi connectivity index (χ3n) is 3.97. The Bertz CT molecular complexity index is 661. The van der Waals surface area contributed by atoms with Crippen molar-refractivity contribution in [3.63, 3.8) is 0 Å². The summed E-state index contributed by atoms with van der Waals surface area (Å²) in [6.07, 6.45) is 7.28. The van der Waals surface area contributed by atoms with Crippen LogP contribution in [0.15, 0.2) is 36.8 Å². The van der Waals surface area contributed by atoms with Gasteiger partial charge in [-0.15, -0.1) is 0 Å². The molecule has 0 radical (unpaired) electrons. The molecule has 1 aliphatic heterocycles. The third-order valence-corrected chi connectivity index (χ3v) is 3.97. The first-order valence-corrected chi connectivity index (χ1v) is 8.29. The Morgan fingerprint density at radius 1 is 1.29 bits per heavy atom. The molecule has 24 heavy (non-hydrogen) atoms. The fourth-order valence-corrected chi connectivity index (χ4v) is 2.82. The van der Waals surface area contributed by atoms with Gasteiger partial charge >= 0.3 is 0 Å². The molecule has 2 N–H and O–H groups in total. The maximum absolute atomic E-state index is 11.8. The van der Waals surface area contributed by atoms with E-state index in [2.05, 4.69) is 30.5 Å². The van der Waals surface area contributed by atoms with Gasteiger partial charge in [-0.05, 0) is 38.0 Å². The molecule has 1 amide bonds. The van der Waals surface area contributed by atoms with Gasteiger partial charge in [-0.3, -0.25) is 4.79 Å². The van der Waals surface area contributed by atoms with Crippen LogP contribution in [0.3, 0.4) is 0 Å². The highest BCUT2D eigenvalue weighted by Gasteiger charge is 2.21. The number of carbonyl (C=O) groups excluding carboxylic acids is 1. The molecule has 2 aromatic rings. The molecule has 1 saturated heterocycles. The smallest absolute Gasteiger partial charge is 0.252 e. The van der Waals surface area contributed by atoms with Crippen molar-refractivity contribution in [2.75, 3.05) is 29.9 Å². The van der Waals surface area contributed by atoms with E-state index in [0.717, 1.165) is 37.7 Å². The molecule has 3 heterocycles. The van der Waals surface area contributed by atoms with Crippen molar-refractivity contribution in [3.05, 3.63) is 42.4 Å². The van der Waals surface area contributed by atoms with Gasteiger partial charge in [0.05, 0.1) is 5.56 Å². The van der Waals surface area contributed by atoms with Gasteiger partial charge in [0.15, 0.2) is 0 Å². The van der Waals surface area contributed by atoms with Crippen molar-refractivity contribution in [1.29, 1.82) is 0 Å². The Hall–Kier alpha value is -2.70. The number of amides is 1. The number of hydrogen-bond donors (Lipinski definition) is 2. The van der Waals surface area contributed by atoms with E-state index in [-0.39, 0.29) is 11.9 Å². The Labute approximate surface area is 141 Å². The minimum atomic E-state index is -0.0957. The van der Waals surface area contributed by atoms with Gasteiger partial charge in [-0.1, -0.05) is 0 Å². The van der Waals surface area contributed by atoms with E-state index in [1.807, 2.05) is 19.1 Å². The first-order valence-electron chi connectivity index (χ1n) is 8.29. The molecule has 1 aliphatic rings. The highest BCUT2D eigenvalue weighted by Crippen LogP contribution is 2.18. The average Bonchev–Trinajstić information content (AvgIpc) is 2.63. The molecule has 3 rings (SSSR count). The van der Waals surface area contributed by atoms with E-state index in [1.54, 1.807) is 24.7 Å². The zero-order valence-electron chi connectivity index (χ0n) is 13.8. The second-order valence-electron chi connectivity index (χ2n) is 5.77. The summed E-state index contributed by atoms with van der Waals surface area (Å²) in [6.45, 7) is 4.31. The number of nitrogens with one attached hydrogen (secondary N) is 2. The number of aromatic nitrogens is 3. The fourth-order valence-electron chi connectivity index (χ4n) is 2.82. The van der Waals surface area contributed by atoms with Crippen LogP contribution in [0.4, 0.5) is 11.8 Å². The number of rotatable bonds is 5. The predicted molar refractivity (Wildman–Crippen MR) is 93.1 cm³/mol.